The number of phosphoric ester groups is 2. The van der Waals surface area contributed by atoms with E-state index < -0.39 is 97.5 Å². The number of carbonyl (C=O) groups is 4. The molecule has 0 rings (SSSR count). The van der Waals surface area contributed by atoms with E-state index in [0.717, 1.165) is 120 Å². The van der Waals surface area contributed by atoms with Crippen LogP contribution < -0.4 is 0 Å². The zero-order chi connectivity index (χ0) is 75.3. The van der Waals surface area contributed by atoms with Crippen molar-refractivity contribution in [2.75, 3.05) is 39.6 Å². The molecular weight excluding hydrogens is 1330 g/mol. The summed E-state index contributed by atoms with van der Waals surface area (Å²) in [4.78, 5) is 73.1. The average Bonchev–Trinajstić information content (AvgIpc) is 0.916. The first-order chi connectivity index (χ1) is 49.2. The predicted octanol–water partition coefficient (Wildman–Crippen LogP) is 24.8. The van der Waals surface area contributed by atoms with E-state index >= 15 is 0 Å². The lowest BCUT2D eigenvalue weighted by molar-refractivity contribution is -0.161. The largest absolute Gasteiger partial charge is 0.472 e. The number of aliphatic hydroxyl groups excluding tert-OH is 1. The maximum absolute atomic E-state index is 13.1. The van der Waals surface area contributed by atoms with Crippen LogP contribution in [-0.2, 0) is 65.4 Å². The van der Waals surface area contributed by atoms with Crippen LogP contribution in [0.25, 0.3) is 0 Å². The van der Waals surface area contributed by atoms with Gasteiger partial charge in [-0.3, -0.25) is 37.3 Å². The summed E-state index contributed by atoms with van der Waals surface area (Å²) in [6.07, 6.45) is 59.6. The molecule has 0 amide bonds. The SMILES string of the molecule is CCC(C)CCCCCCCCCCCCCCCCC(=O)O[C@H](COC(=O)CCCCCCCCC(C)CC)COP(=O)(O)OC[C@H](O)COP(=O)(O)OC[C@@H](COC(=O)CCCCCCCCCCCCCCCCCC(C)C)OC(=O)CCCCCCCCCCCCCCCC(C)C. The Labute approximate surface area is 626 Å². The fraction of sp³-hybridized carbons (Fsp3) is 0.952. The molecular formula is C83H162O17P2. The van der Waals surface area contributed by atoms with Crippen LogP contribution in [0.4, 0.5) is 0 Å². The van der Waals surface area contributed by atoms with E-state index in [1.807, 2.05) is 0 Å². The Morgan fingerprint density at radius 3 is 0.696 bits per heavy atom. The summed E-state index contributed by atoms with van der Waals surface area (Å²) in [7, 11) is -9.93. The van der Waals surface area contributed by atoms with Crippen molar-refractivity contribution in [3.63, 3.8) is 0 Å². The van der Waals surface area contributed by atoms with E-state index in [1.54, 1.807) is 0 Å². The Balaban J connectivity index is 5.24. The number of unbranched alkanes of at least 4 members (excludes halogenated alkanes) is 44. The van der Waals surface area contributed by atoms with Gasteiger partial charge in [0.2, 0.25) is 0 Å². The highest BCUT2D eigenvalue weighted by Gasteiger charge is 2.30. The summed E-state index contributed by atoms with van der Waals surface area (Å²) in [5, 5.41) is 10.7. The quantitative estimate of drug-likeness (QED) is 0.0222. The van der Waals surface area contributed by atoms with Gasteiger partial charge in [-0.05, 0) is 49.4 Å². The normalized spacial score (nSPS) is 14.5. The van der Waals surface area contributed by atoms with Crippen molar-refractivity contribution in [1.82, 2.24) is 0 Å². The molecule has 0 aliphatic rings. The number of esters is 4. The van der Waals surface area contributed by atoms with Crippen LogP contribution in [-0.4, -0.2) is 96.7 Å². The average molecular weight is 1490 g/mol. The summed E-state index contributed by atoms with van der Waals surface area (Å²) in [6.45, 7) is 14.3. The highest BCUT2D eigenvalue weighted by molar-refractivity contribution is 7.47. The van der Waals surface area contributed by atoms with Gasteiger partial charge < -0.3 is 33.8 Å². The fourth-order valence-electron chi connectivity index (χ4n) is 12.7. The zero-order valence-corrected chi connectivity index (χ0v) is 69.0. The van der Waals surface area contributed by atoms with E-state index in [0.29, 0.717) is 25.7 Å². The minimum atomic E-state index is -4.96. The summed E-state index contributed by atoms with van der Waals surface area (Å²) < 4.78 is 68.8. The van der Waals surface area contributed by atoms with Crippen molar-refractivity contribution in [1.29, 1.82) is 0 Å². The molecule has 102 heavy (non-hydrogen) atoms. The van der Waals surface area contributed by atoms with Gasteiger partial charge >= 0.3 is 39.5 Å². The lowest BCUT2D eigenvalue weighted by Crippen LogP contribution is -2.30. The number of ether oxygens (including phenoxy) is 4. The lowest BCUT2D eigenvalue weighted by Gasteiger charge is -2.21. The summed E-state index contributed by atoms with van der Waals surface area (Å²) in [6, 6.07) is 0. The number of phosphoric acid groups is 2. The zero-order valence-electron chi connectivity index (χ0n) is 67.2. The first-order valence-electron chi connectivity index (χ1n) is 42.8. The van der Waals surface area contributed by atoms with E-state index in [4.69, 9.17) is 37.0 Å². The second-order valence-corrected chi connectivity index (χ2v) is 34.2. The van der Waals surface area contributed by atoms with Crippen molar-refractivity contribution >= 4 is 39.5 Å². The molecule has 0 aliphatic carbocycles. The van der Waals surface area contributed by atoms with Crippen molar-refractivity contribution in [3.8, 4) is 0 Å². The number of hydrogen-bond acceptors (Lipinski definition) is 15. The van der Waals surface area contributed by atoms with Gasteiger partial charge in [0.25, 0.3) is 0 Å². The molecule has 0 aliphatic heterocycles. The number of rotatable bonds is 80. The third-order valence-corrected chi connectivity index (χ3v) is 21.9. The summed E-state index contributed by atoms with van der Waals surface area (Å²) in [5.41, 5.74) is 0. The van der Waals surface area contributed by atoms with Crippen LogP contribution in [0.2, 0.25) is 0 Å². The van der Waals surface area contributed by atoms with E-state index in [-0.39, 0.29) is 25.7 Å². The van der Waals surface area contributed by atoms with E-state index in [2.05, 4.69) is 55.4 Å². The second kappa shape index (κ2) is 72.0. The van der Waals surface area contributed by atoms with Gasteiger partial charge in [0.05, 0.1) is 26.4 Å². The third kappa shape index (κ3) is 73.6. The predicted molar refractivity (Wildman–Crippen MR) is 418 cm³/mol. The minimum absolute atomic E-state index is 0.106. The Hall–Kier alpha value is -1.94. The molecule has 0 heterocycles. The first kappa shape index (κ1) is 100. The molecule has 3 N–H and O–H groups in total. The van der Waals surface area contributed by atoms with Crippen LogP contribution in [0.5, 0.6) is 0 Å². The van der Waals surface area contributed by atoms with Gasteiger partial charge in [-0.15, -0.1) is 0 Å². The van der Waals surface area contributed by atoms with Crippen LogP contribution in [0.15, 0.2) is 0 Å². The van der Waals surface area contributed by atoms with Crippen LogP contribution in [0, 0.1) is 23.7 Å². The van der Waals surface area contributed by atoms with Gasteiger partial charge in [-0.25, -0.2) is 9.13 Å². The van der Waals surface area contributed by atoms with Gasteiger partial charge in [-0.2, -0.15) is 0 Å². The Morgan fingerprint density at radius 1 is 0.275 bits per heavy atom. The Kier molecular flexibility index (Phi) is 70.6. The number of aliphatic hydroxyl groups is 1. The Bertz CT molecular complexity index is 1990. The molecule has 606 valence electrons. The molecule has 0 bridgehead atoms. The third-order valence-electron chi connectivity index (χ3n) is 20.0. The molecule has 19 heteroatoms. The van der Waals surface area contributed by atoms with Gasteiger partial charge in [0.15, 0.2) is 12.2 Å². The maximum atomic E-state index is 13.1. The van der Waals surface area contributed by atoms with Crippen molar-refractivity contribution in [2.45, 2.75) is 446 Å². The molecule has 4 unspecified atom stereocenters. The molecule has 0 aromatic carbocycles. The lowest BCUT2D eigenvalue weighted by atomic mass is 9.99. The first-order valence-corrected chi connectivity index (χ1v) is 45.8. The molecule has 0 saturated heterocycles. The van der Waals surface area contributed by atoms with Crippen LogP contribution >= 0.6 is 15.6 Å². The van der Waals surface area contributed by atoms with Crippen molar-refractivity contribution in [3.05, 3.63) is 0 Å². The highest BCUT2D eigenvalue weighted by Crippen LogP contribution is 2.45. The molecule has 0 aromatic heterocycles. The molecule has 17 nitrogen and oxygen atoms in total. The topological polar surface area (TPSA) is 237 Å². The molecule has 0 radical (unpaired) electrons. The van der Waals surface area contributed by atoms with Gasteiger partial charge in [0.1, 0.15) is 19.3 Å². The standard InChI is InChI=1S/C83H162O17P2/c1-9-75(7)61-53-45-37-31-25-19-14-15-21-27-33-39-49-57-65-83(88)100-79(70-94-81(86)64-56-48-42-41-46-54-62-76(8)10-2)72-98-102(91,92)96-68-77(84)67-95-101(89,90)97-71-78(99-82(87)66-58-50-40-34-28-22-16-18-24-30-36-44-52-60-74(5)6)69-93-80(85)63-55-47-38-32-26-20-13-11-12-17-23-29-35-43-51-59-73(3)4/h73-79,84H,9-72H2,1-8H3,(H,89,90)(H,91,92)/t75?,76?,77-,78-,79-/m1/s1. The summed E-state index contributed by atoms with van der Waals surface area (Å²) >= 11 is 0. The minimum Gasteiger partial charge on any atom is -0.462 e. The highest BCUT2D eigenvalue weighted by atomic mass is 31.2. The van der Waals surface area contributed by atoms with Crippen molar-refractivity contribution < 1.29 is 80.2 Å². The van der Waals surface area contributed by atoms with Crippen molar-refractivity contribution in [2.24, 2.45) is 23.7 Å². The molecule has 0 fully saturated rings. The second-order valence-electron chi connectivity index (χ2n) is 31.3. The van der Waals surface area contributed by atoms with Crippen LogP contribution in [0.1, 0.15) is 428 Å². The fourth-order valence-corrected chi connectivity index (χ4v) is 14.3. The Morgan fingerprint density at radius 2 is 0.471 bits per heavy atom. The van der Waals surface area contributed by atoms with E-state index in [9.17, 15) is 43.2 Å². The van der Waals surface area contributed by atoms with E-state index in [1.165, 1.54) is 225 Å². The summed E-state index contributed by atoms with van der Waals surface area (Å²) in [5.74, 6) is 1.06. The van der Waals surface area contributed by atoms with Gasteiger partial charge in [0, 0.05) is 25.7 Å². The van der Waals surface area contributed by atoms with Crippen LogP contribution in [0.3, 0.4) is 0 Å². The monoisotopic (exact) mass is 1490 g/mol. The smallest absolute Gasteiger partial charge is 0.462 e. The number of carbonyl (C=O) groups excluding carboxylic acids is 4. The molecule has 0 saturated carbocycles. The molecule has 0 spiro atoms. The molecule has 7 atom stereocenters. The van der Waals surface area contributed by atoms with Gasteiger partial charge in [-0.1, -0.05) is 376 Å². The maximum Gasteiger partial charge on any atom is 0.472 e. The molecule has 0 aromatic rings. The number of hydrogen-bond donors (Lipinski definition) is 3.